The van der Waals surface area contributed by atoms with E-state index >= 15 is 0 Å². The Labute approximate surface area is 211 Å². The summed E-state index contributed by atoms with van der Waals surface area (Å²) in [6.07, 6.45) is 3.85. The number of aliphatic hydroxyl groups is 1. The smallest absolute Gasteiger partial charge is 0.250 e. The van der Waals surface area contributed by atoms with Gasteiger partial charge in [0, 0.05) is 23.2 Å². The van der Waals surface area contributed by atoms with Gasteiger partial charge in [0.1, 0.15) is 28.8 Å². The van der Waals surface area contributed by atoms with Crippen LogP contribution in [0.1, 0.15) is 36.5 Å². The maximum Gasteiger partial charge on any atom is 0.250 e. The van der Waals surface area contributed by atoms with Gasteiger partial charge in [-0.15, -0.1) is 0 Å². The minimum Gasteiger partial charge on any atom is -0.457 e. The summed E-state index contributed by atoms with van der Waals surface area (Å²) in [5.41, 5.74) is 1.99. The van der Waals surface area contributed by atoms with Crippen LogP contribution in [0.3, 0.4) is 0 Å². The Balaban J connectivity index is 1.36. The summed E-state index contributed by atoms with van der Waals surface area (Å²) < 4.78 is 5.86. The first-order chi connectivity index (χ1) is 17.5. The summed E-state index contributed by atoms with van der Waals surface area (Å²) in [5.74, 6) is 0.890. The van der Waals surface area contributed by atoms with Gasteiger partial charge < -0.3 is 25.5 Å². The van der Waals surface area contributed by atoms with E-state index in [-0.39, 0.29) is 11.8 Å². The normalized spacial score (nSPS) is 21.5. The maximum atomic E-state index is 13.0. The zero-order chi connectivity index (χ0) is 24.9. The van der Waals surface area contributed by atoms with Gasteiger partial charge in [0.25, 0.3) is 0 Å². The maximum absolute atomic E-state index is 13.0. The van der Waals surface area contributed by atoms with Gasteiger partial charge in [0.2, 0.25) is 5.91 Å². The molecule has 0 bridgehead atoms. The van der Waals surface area contributed by atoms with Crippen LogP contribution >= 0.6 is 11.6 Å². The molecule has 4 aromatic rings. The number of aromatic nitrogens is 2. The number of hydrogen-bond acceptors (Lipinski definition) is 6. The molecule has 0 saturated heterocycles. The van der Waals surface area contributed by atoms with Crippen LogP contribution in [-0.4, -0.2) is 26.5 Å². The second-order valence-electron chi connectivity index (χ2n) is 9.25. The van der Waals surface area contributed by atoms with Crippen molar-refractivity contribution in [2.45, 2.75) is 30.9 Å². The number of nitriles is 1. The van der Waals surface area contributed by atoms with Crippen LogP contribution in [0.4, 0.5) is 11.4 Å². The van der Waals surface area contributed by atoms with E-state index in [1.54, 1.807) is 30.6 Å². The number of para-hydroxylation sites is 1. The van der Waals surface area contributed by atoms with Crippen LogP contribution in [-0.2, 0) is 4.79 Å². The number of nitrogens with zero attached hydrogens (tertiary/aromatic N) is 2. The van der Waals surface area contributed by atoms with Crippen LogP contribution in [0.15, 0.2) is 60.9 Å². The number of anilines is 2. The molecule has 2 aromatic carbocycles. The highest BCUT2D eigenvalue weighted by Crippen LogP contribution is 2.46. The first-order valence-electron chi connectivity index (χ1n) is 11.7. The number of carbonyl (C=O) groups excluding carboxylic acids is 1. The molecule has 36 heavy (non-hydrogen) atoms. The van der Waals surface area contributed by atoms with Gasteiger partial charge in [0.05, 0.1) is 34.0 Å². The van der Waals surface area contributed by atoms with E-state index in [1.165, 1.54) is 0 Å². The average Bonchev–Trinajstić information content (AvgIpc) is 3.51. The quantitative estimate of drug-likeness (QED) is 0.293. The van der Waals surface area contributed by atoms with Crippen molar-refractivity contribution < 1.29 is 14.6 Å². The van der Waals surface area contributed by atoms with E-state index in [4.69, 9.17) is 16.3 Å². The Morgan fingerprint density at radius 3 is 2.78 bits per heavy atom. The fourth-order valence-corrected chi connectivity index (χ4v) is 5.43. The van der Waals surface area contributed by atoms with Crippen molar-refractivity contribution in [3.63, 3.8) is 0 Å². The number of pyridine rings is 1. The first-order valence-corrected chi connectivity index (χ1v) is 12.0. The minimum absolute atomic E-state index is 0.163. The van der Waals surface area contributed by atoms with E-state index in [2.05, 4.69) is 26.7 Å². The van der Waals surface area contributed by atoms with Gasteiger partial charge in [-0.05, 0) is 43.5 Å². The first kappa shape index (κ1) is 22.4. The molecule has 1 fully saturated rings. The summed E-state index contributed by atoms with van der Waals surface area (Å²) in [6.45, 7) is 0. The third-order valence-electron chi connectivity index (χ3n) is 7.02. The Kier molecular flexibility index (Phi) is 5.32. The summed E-state index contributed by atoms with van der Waals surface area (Å²) >= 11 is 6.58. The molecule has 6 rings (SSSR count). The van der Waals surface area contributed by atoms with Crippen LogP contribution in [0.2, 0.25) is 5.02 Å². The number of aromatic amines is 1. The molecule has 2 aliphatic rings. The largest absolute Gasteiger partial charge is 0.457 e. The lowest BCUT2D eigenvalue weighted by Crippen LogP contribution is -2.50. The zero-order valence-electron chi connectivity index (χ0n) is 19.1. The Bertz CT molecular complexity index is 1530. The Morgan fingerprint density at radius 2 is 2.03 bits per heavy atom. The predicted molar refractivity (Wildman–Crippen MR) is 136 cm³/mol. The lowest BCUT2D eigenvalue weighted by molar-refractivity contribution is -0.120. The van der Waals surface area contributed by atoms with Gasteiger partial charge in [-0.2, -0.15) is 5.26 Å². The molecule has 1 aliphatic carbocycles. The third kappa shape index (κ3) is 3.65. The Hall–Kier alpha value is -4.06. The molecule has 8 nitrogen and oxygen atoms in total. The van der Waals surface area contributed by atoms with Crippen LogP contribution in [0.5, 0.6) is 11.5 Å². The molecule has 3 heterocycles. The average molecular weight is 500 g/mol. The molecule has 4 N–H and O–H groups in total. The number of nitrogens with one attached hydrogen (secondary N) is 3. The van der Waals surface area contributed by atoms with Crippen LogP contribution in [0.25, 0.3) is 11.0 Å². The number of fused-ring (bicyclic) bond motifs is 3. The van der Waals surface area contributed by atoms with E-state index < -0.39 is 11.6 Å². The van der Waals surface area contributed by atoms with E-state index in [0.29, 0.717) is 69.3 Å². The molecular formula is C27H22ClN5O3. The summed E-state index contributed by atoms with van der Waals surface area (Å²) in [6, 6.07) is 16.8. The molecule has 1 aliphatic heterocycles. The second kappa shape index (κ2) is 8.55. The molecule has 1 spiro atoms. The Morgan fingerprint density at radius 1 is 1.19 bits per heavy atom. The number of ether oxygens (including phenoxy) is 1. The monoisotopic (exact) mass is 499 g/mol. The van der Waals surface area contributed by atoms with E-state index in [0.717, 1.165) is 0 Å². The molecule has 3 atom stereocenters. The van der Waals surface area contributed by atoms with Crippen LogP contribution < -0.4 is 15.4 Å². The number of H-pyrrole nitrogens is 1. The van der Waals surface area contributed by atoms with Crippen molar-refractivity contribution in [2.24, 2.45) is 5.92 Å². The summed E-state index contributed by atoms with van der Waals surface area (Å²) in [4.78, 5) is 20.5. The molecular weight excluding hydrogens is 478 g/mol. The van der Waals surface area contributed by atoms with E-state index in [1.807, 2.05) is 30.3 Å². The number of halogens is 1. The molecule has 0 radical (unpaired) electrons. The highest BCUT2D eigenvalue weighted by molar-refractivity contribution is 6.31. The van der Waals surface area contributed by atoms with Crippen molar-refractivity contribution >= 4 is 39.9 Å². The van der Waals surface area contributed by atoms with Crippen molar-refractivity contribution in [3.05, 3.63) is 77.1 Å². The van der Waals surface area contributed by atoms with E-state index in [9.17, 15) is 15.2 Å². The highest BCUT2D eigenvalue weighted by atomic mass is 35.5. The van der Waals surface area contributed by atoms with Crippen molar-refractivity contribution in [3.8, 4) is 17.6 Å². The van der Waals surface area contributed by atoms with Gasteiger partial charge in [0.15, 0.2) is 0 Å². The number of hydrogen-bond donors (Lipinski definition) is 4. The molecule has 1 amide bonds. The molecule has 2 aromatic heterocycles. The number of carbonyl (C=O) groups is 1. The predicted octanol–water partition coefficient (Wildman–Crippen LogP) is 5.52. The fraction of sp³-hybridized carbons (Fsp3) is 0.222. The molecule has 9 heteroatoms. The number of amides is 1. The third-order valence-corrected chi connectivity index (χ3v) is 7.34. The van der Waals surface area contributed by atoms with Crippen molar-refractivity contribution in [2.75, 3.05) is 10.6 Å². The van der Waals surface area contributed by atoms with Gasteiger partial charge in [-0.3, -0.25) is 4.79 Å². The number of aliphatic hydroxyl groups excluding tert-OH is 1. The minimum atomic E-state index is -1.06. The fourth-order valence-electron chi connectivity index (χ4n) is 5.16. The lowest BCUT2D eigenvalue weighted by Gasteiger charge is -2.36. The molecule has 1 saturated carbocycles. The van der Waals surface area contributed by atoms with Crippen molar-refractivity contribution in [1.29, 1.82) is 5.26 Å². The lowest BCUT2D eigenvalue weighted by atomic mass is 9.91. The van der Waals surface area contributed by atoms with Crippen LogP contribution in [0, 0.1) is 17.2 Å². The zero-order valence-corrected chi connectivity index (χ0v) is 19.8. The van der Waals surface area contributed by atoms with Gasteiger partial charge in [-0.25, -0.2) is 4.98 Å². The number of benzene rings is 2. The standard InChI is InChI=1S/C27H22ClN5O3/c28-20-10-17(36-16-4-2-1-3-5-16)6-7-18(20)24(34)19-13-30-25-22(19)23-21(14-31-25)32-26(35)27(33-23)9-8-15(11-27)12-29/h1-7,10,13-15,24,33-34H,8-9,11H2,(H,30,31)(H,32,35). The number of rotatable bonds is 4. The summed E-state index contributed by atoms with van der Waals surface area (Å²) in [7, 11) is 0. The van der Waals surface area contributed by atoms with Gasteiger partial charge in [-0.1, -0.05) is 35.9 Å². The molecule has 180 valence electrons. The second-order valence-corrected chi connectivity index (χ2v) is 9.65. The van der Waals surface area contributed by atoms with Crippen molar-refractivity contribution in [1.82, 2.24) is 9.97 Å². The topological polar surface area (TPSA) is 123 Å². The van der Waals surface area contributed by atoms with Gasteiger partial charge >= 0.3 is 0 Å². The highest BCUT2D eigenvalue weighted by Gasteiger charge is 2.48. The molecule has 3 unspecified atom stereocenters. The SMILES string of the molecule is N#CC1CCC2(C1)Nc1c(cnc3[nH]cc(C(O)c4ccc(Oc5ccccc5)cc4Cl)c13)NC2=O. The summed E-state index contributed by atoms with van der Waals surface area (Å²) in [5, 5.41) is 28.2.